The number of para-hydroxylation sites is 1. The van der Waals surface area contributed by atoms with Gasteiger partial charge in [0.25, 0.3) is 0 Å². The van der Waals surface area contributed by atoms with E-state index in [4.69, 9.17) is 4.74 Å². The highest BCUT2D eigenvalue weighted by Gasteiger charge is 2.19. The Bertz CT molecular complexity index is 772. The summed E-state index contributed by atoms with van der Waals surface area (Å²) >= 11 is 0. The lowest BCUT2D eigenvalue weighted by molar-refractivity contribution is 0.225. The third-order valence-corrected chi connectivity index (χ3v) is 5.44. The van der Waals surface area contributed by atoms with Gasteiger partial charge >= 0.3 is 0 Å². The van der Waals surface area contributed by atoms with Gasteiger partial charge in [0.2, 0.25) is 10.0 Å². The Morgan fingerprint density at radius 2 is 1.83 bits per heavy atom. The Labute approximate surface area is 137 Å². The first kappa shape index (κ1) is 16.0. The molecule has 0 aromatic heterocycles. The molecule has 0 bridgehead atoms. The van der Waals surface area contributed by atoms with E-state index in [1.54, 1.807) is 12.1 Å². The first-order chi connectivity index (χ1) is 11.0. The van der Waals surface area contributed by atoms with Gasteiger partial charge in [-0.15, -0.1) is 0 Å². The first-order valence-corrected chi connectivity index (χ1v) is 9.36. The molecule has 23 heavy (non-hydrogen) atoms. The second-order valence-electron chi connectivity index (χ2n) is 5.88. The van der Waals surface area contributed by atoms with Gasteiger partial charge in [0.15, 0.2) is 0 Å². The summed E-state index contributed by atoms with van der Waals surface area (Å²) in [5.74, 6) is 0.733. The van der Waals surface area contributed by atoms with E-state index in [0.717, 1.165) is 30.6 Å². The van der Waals surface area contributed by atoms with Crippen molar-refractivity contribution in [2.75, 3.05) is 6.54 Å². The van der Waals surface area contributed by atoms with Crippen LogP contribution in [0.2, 0.25) is 0 Å². The maximum absolute atomic E-state index is 12.4. The average Bonchev–Trinajstić information content (AvgIpc) is 3.02. The van der Waals surface area contributed by atoms with Crippen LogP contribution in [0.1, 0.15) is 24.5 Å². The zero-order chi connectivity index (χ0) is 16.3. The van der Waals surface area contributed by atoms with E-state index in [0.29, 0.717) is 4.90 Å². The molecule has 1 aliphatic carbocycles. The molecule has 1 atom stereocenters. The monoisotopic (exact) mass is 331 g/mol. The molecular formula is C18H21NO3S. The molecule has 5 heteroatoms. The number of sulfonamides is 1. The summed E-state index contributed by atoms with van der Waals surface area (Å²) in [5.41, 5.74) is 2.42. The van der Waals surface area contributed by atoms with Gasteiger partial charge in [0, 0.05) is 6.54 Å². The quantitative estimate of drug-likeness (QED) is 0.885. The predicted molar refractivity (Wildman–Crippen MR) is 90.2 cm³/mol. The summed E-state index contributed by atoms with van der Waals surface area (Å²) in [4.78, 5) is 0.338. The molecule has 0 aliphatic heterocycles. The van der Waals surface area contributed by atoms with Crippen molar-refractivity contribution in [3.63, 3.8) is 0 Å². The maximum atomic E-state index is 12.4. The Morgan fingerprint density at radius 3 is 2.61 bits per heavy atom. The number of ether oxygens (including phenoxy) is 1. The van der Waals surface area contributed by atoms with Crippen LogP contribution in [0.15, 0.2) is 53.4 Å². The van der Waals surface area contributed by atoms with Gasteiger partial charge in [-0.3, -0.25) is 0 Å². The lowest BCUT2D eigenvalue weighted by Crippen LogP contribution is -2.33. The zero-order valence-corrected chi connectivity index (χ0v) is 14.0. The van der Waals surface area contributed by atoms with Crippen molar-refractivity contribution < 1.29 is 13.2 Å². The molecule has 0 spiro atoms. The fraction of sp³-hybridized carbons (Fsp3) is 0.333. The maximum Gasteiger partial charge on any atom is 0.240 e. The predicted octanol–water partition coefficient (Wildman–Crippen LogP) is 2.92. The minimum Gasteiger partial charge on any atom is -0.489 e. The van der Waals surface area contributed by atoms with Crippen LogP contribution in [0.3, 0.4) is 0 Å². The topological polar surface area (TPSA) is 55.4 Å². The summed E-state index contributed by atoms with van der Waals surface area (Å²) in [6, 6.07) is 14.8. The van der Waals surface area contributed by atoms with Crippen molar-refractivity contribution in [1.82, 2.24) is 4.72 Å². The number of aryl methyl sites for hydroxylation is 2. The minimum atomic E-state index is -3.50. The average molecular weight is 331 g/mol. The van der Waals surface area contributed by atoms with Crippen LogP contribution in [-0.2, 0) is 22.9 Å². The number of hydrogen-bond acceptors (Lipinski definition) is 3. The lowest BCUT2D eigenvalue weighted by atomic mass is 10.1. The number of rotatable bonds is 6. The number of nitrogens with one attached hydrogen (secondary N) is 1. The molecule has 2 aromatic rings. The molecule has 0 saturated carbocycles. The Kier molecular flexibility index (Phi) is 4.68. The van der Waals surface area contributed by atoms with Crippen molar-refractivity contribution >= 4 is 10.0 Å². The second-order valence-corrected chi connectivity index (χ2v) is 7.64. The summed E-state index contributed by atoms with van der Waals surface area (Å²) in [5, 5.41) is 0. The molecule has 0 heterocycles. The van der Waals surface area contributed by atoms with Crippen LogP contribution in [0.4, 0.5) is 0 Å². The normalized spacial score (nSPS) is 15.2. The van der Waals surface area contributed by atoms with E-state index in [2.05, 4.69) is 4.72 Å². The number of hydrogen-bond donors (Lipinski definition) is 1. The highest BCUT2D eigenvalue weighted by molar-refractivity contribution is 7.89. The molecule has 0 radical (unpaired) electrons. The molecule has 0 saturated heterocycles. The van der Waals surface area contributed by atoms with E-state index in [1.807, 2.05) is 43.3 Å². The summed E-state index contributed by atoms with van der Waals surface area (Å²) < 4.78 is 33.2. The minimum absolute atomic E-state index is 0.230. The smallest absolute Gasteiger partial charge is 0.240 e. The Balaban J connectivity index is 1.62. The van der Waals surface area contributed by atoms with Gasteiger partial charge in [-0.1, -0.05) is 24.3 Å². The van der Waals surface area contributed by atoms with Crippen LogP contribution < -0.4 is 9.46 Å². The first-order valence-electron chi connectivity index (χ1n) is 7.88. The van der Waals surface area contributed by atoms with Gasteiger partial charge in [-0.25, -0.2) is 13.1 Å². The molecule has 122 valence electrons. The largest absolute Gasteiger partial charge is 0.489 e. The molecule has 1 unspecified atom stereocenters. The zero-order valence-electron chi connectivity index (χ0n) is 13.2. The molecule has 1 aliphatic rings. The van der Waals surface area contributed by atoms with Crippen molar-refractivity contribution in [2.24, 2.45) is 0 Å². The van der Waals surface area contributed by atoms with Crippen molar-refractivity contribution in [1.29, 1.82) is 0 Å². The van der Waals surface area contributed by atoms with Crippen molar-refractivity contribution in [3.8, 4) is 5.75 Å². The van der Waals surface area contributed by atoms with E-state index >= 15 is 0 Å². The highest BCUT2D eigenvalue weighted by atomic mass is 32.2. The highest BCUT2D eigenvalue weighted by Crippen LogP contribution is 2.24. The van der Waals surface area contributed by atoms with E-state index in [1.165, 1.54) is 5.56 Å². The van der Waals surface area contributed by atoms with E-state index in [-0.39, 0.29) is 12.6 Å². The molecule has 4 nitrogen and oxygen atoms in total. The second kappa shape index (κ2) is 6.72. The molecule has 1 N–H and O–H groups in total. The lowest BCUT2D eigenvalue weighted by Gasteiger charge is -2.16. The van der Waals surface area contributed by atoms with Crippen LogP contribution in [-0.4, -0.2) is 21.1 Å². The van der Waals surface area contributed by atoms with Gasteiger partial charge < -0.3 is 4.74 Å². The molecule has 2 aromatic carbocycles. The van der Waals surface area contributed by atoms with Crippen LogP contribution in [0.25, 0.3) is 0 Å². The van der Waals surface area contributed by atoms with Gasteiger partial charge in [-0.05, 0) is 61.6 Å². The Hall–Kier alpha value is -1.85. The van der Waals surface area contributed by atoms with Gasteiger partial charge in [0.05, 0.1) is 4.90 Å². The fourth-order valence-corrected chi connectivity index (χ4v) is 3.96. The SMILES string of the molecule is CC(CNS(=O)(=O)c1ccc2c(c1)CCC2)Oc1ccccc1. The van der Waals surface area contributed by atoms with Gasteiger partial charge in [-0.2, -0.15) is 0 Å². The van der Waals surface area contributed by atoms with Gasteiger partial charge in [0.1, 0.15) is 11.9 Å². The third-order valence-electron chi connectivity index (χ3n) is 4.02. The Morgan fingerprint density at radius 1 is 1.09 bits per heavy atom. The number of fused-ring (bicyclic) bond motifs is 1. The third kappa shape index (κ3) is 3.92. The van der Waals surface area contributed by atoms with Crippen LogP contribution >= 0.6 is 0 Å². The summed E-state index contributed by atoms with van der Waals surface area (Å²) in [6.07, 6.45) is 2.87. The van der Waals surface area contributed by atoms with E-state index in [9.17, 15) is 8.42 Å². The molecule has 3 rings (SSSR count). The van der Waals surface area contributed by atoms with E-state index < -0.39 is 10.0 Å². The van der Waals surface area contributed by atoms with Crippen LogP contribution in [0, 0.1) is 0 Å². The van der Waals surface area contributed by atoms with Crippen molar-refractivity contribution in [2.45, 2.75) is 37.2 Å². The number of benzene rings is 2. The summed E-state index contributed by atoms with van der Waals surface area (Å²) in [6.45, 7) is 2.08. The molecule has 0 amide bonds. The molecular weight excluding hydrogens is 310 g/mol. The van der Waals surface area contributed by atoms with Crippen LogP contribution in [0.5, 0.6) is 5.75 Å². The molecule has 0 fully saturated rings. The summed E-state index contributed by atoms with van der Waals surface area (Å²) in [7, 11) is -3.50. The standard InChI is InChI=1S/C18H21NO3S/c1-14(22-17-8-3-2-4-9-17)13-19-23(20,21)18-11-10-15-6-5-7-16(15)12-18/h2-4,8-12,14,19H,5-7,13H2,1H3. The fourth-order valence-electron chi connectivity index (χ4n) is 2.80. The van der Waals surface area contributed by atoms with Crippen molar-refractivity contribution in [3.05, 3.63) is 59.7 Å².